The summed E-state index contributed by atoms with van der Waals surface area (Å²) in [6.45, 7) is 7.34. The van der Waals surface area contributed by atoms with Gasteiger partial charge in [-0.2, -0.15) is 0 Å². The van der Waals surface area contributed by atoms with Gasteiger partial charge in [-0.15, -0.1) is 0 Å². The molecule has 2 rings (SSSR count). The van der Waals surface area contributed by atoms with Gasteiger partial charge in [0.15, 0.2) is 0 Å². The molecule has 1 aromatic heterocycles. The standard InChI is InChI=1S/C17H21BrN2/c1-4-19-17(11-16-12(2)6-5-9-20-16)14-7-8-15(18)13(3)10-14/h5-10,17,19H,4,11H2,1-3H3. The zero-order valence-corrected chi connectivity index (χ0v) is 13.9. The van der Waals surface area contributed by atoms with E-state index in [0.717, 1.165) is 17.4 Å². The molecule has 0 aliphatic carbocycles. The molecule has 2 aromatic rings. The lowest BCUT2D eigenvalue weighted by atomic mass is 9.98. The Morgan fingerprint density at radius 3 is 2.65 bits per heavy atom. The van der Waals surface area contributed by atoms with Gasteiger partial charge in [0.2, 0.25) is 0 Å². The lowest BCUT2D eigenvalue weighted by Crippen LogP contribution is -2.23. The van der Waals surface area contributed by atoms with Crippen LogP contribution in [0.15, 0.2) is 41.0 Å². The monoisotopic (exact) mass is 332 g/mol. The van der Waals surface area contributed by atoms with Crippen molar-refractivity contribution in [2.75, 3.05) is 6.54 Å². The summed E-state index contributed by atoms with van der Waals surface area (Å²) >= 11 is 3.56. The Hall–Kier alpha value is -1.19. The molecule has 1 N–H and O–H groups in total. The summed E-state index contributed by atoms with van der Waals surface area (Å²) in [5, 5.41) is 3.57. The number of aromatic nitrogens is 1. The third-order valence-corrected chi connectivity index (χ3v) is 4.44. The van der Waals surface area contributed by atoms with Gasteiger partial charge in [0.05, 0.1) is 0 Å². The Morgan fingerprint density at radius 2 is 2.00 bits per heavy atom. The maximum absolute atomic E-state index is 4.52. The van der Waals surface area contributed by atoms with E-state index < -0.39 is 0 Å². The first kappa shape index (κ1) is 15.2. The Morgan fingerprint density at radius 1 is 1.20 bits per heavy atom. The largest absolute Gasteiger partial charge is 0.310 e. The second kappa shape index (κ2) is 7.00. The molecule has 0 saturated carbocycles. The first-order chi connectivity index (χ1) is 9.61. The second-order valence-corrected chi connectivity index (χ2v) is 5.94. The van der Waals surface area contributed by atoms with Crippen LogP contribution in [0.1, 0.15) is 35.3 Å². The van der Waals surface area contributed by atoms with Crippen LogP contribution in [0.25, 0.3) is 0 Å². The summed E-state index contributed by atoms with van der Waals surface area (Å²) in [7, 11) is 0. The lowest BCUT2D eigenvalue weighted by molar-refractivity contribution is 0.542. The molecule has 0 saturated heterocycles. The van der Waals surface area contributed by atoms with Crippen LogP contribution in [0.3, 0.4) is 0 Å². The Kier molecular flexibility index (Phi) is 5.32. The van der Waals surface area contributed by atoms with Gasteiger partial charge in [0.25, 0.3) is 0 Å². The van der Waals surface area contributed by atoms with Crippen LogP contribution < -0.4 is 5.32 Å². The maximum Gasteiger partial charge on any atom is 0.0451 e. The fourth-order valence-corrected chi connectivity index (χ4v) is 2.61. The van der Waals surface area contributed by atoms with E-state index in [1.165, 1.54) is 22.4 Å². The predicted octanol–water partition coefficient (Wildman–Crippen LogP) is 4.35. The van der Waals surface area contributed by atoms with Gasteiger partial charge in [-0.1, -0.05) is 41.1 Å². The molecule has 1 atom stereocenters. The molecule has 20 heavy (non-hydrogen) atoms. The minimum atomic E-state index is 0.306. The molecule has 106 valence electrons. The number of aryl methyl sites for hydroxylation is 2. The number of nitrogens with one attached hydrogen (secondary N) is 1. The van der Waals surface area contributed by atoms with E-state index in [4.69, 9.17) is 0 Å². The number of benzene rings is 1. The van der Waals surface area contributed by atoms with E-state index in [-0.39, 0.29) is 0 Å². The SMILES string of the molecule is CCNC(Cc1ncccc1C)c1ccc(Br)c(C)c1. The van der Waals surface area contributed by atoms with E-state index in [1.54, 1.807) is 0 Å². The molecule has 1 heterocycles. The summed E-state index contributed by atoms with van der Waals surface area (Å²) in [6, 6.07) is 11.0. The van der Waals surface area contributed by atoms with E-state index >= 15 is 0 Å². The molecule has 0 amide bonds. The third-order valence-electron chi connectivity index (χ3n) is 3.55. The number of hydrogen-bond acceptors (Lipinski definition) is 2. The first-order valence-corrected chi connectivity index (χ1v) is 7.81. The minimum Gasteiger partial charge on any atom is -0.310 e. The van der Waals surface area contributed by atoms with Gasteiger partial charge < -0.3 is 5.32 Å². The van der Waals surface area contributed by atoms with Crippen LogP contribution in [0.2, 0.25) is 0 Å². The Labute approximate surface area is 129 Å². The summed E-state index contributed by atoms with van der Waals surface area (Å²) in [6.07, 6.45) is 2.79. The van der Waals surface area contributed by atoms with Gasteiger partial charge in [0, 0.05) is 28.8 Å². The molecule has 0 fully saturated rings. The van der Waals surface area contributed by atoms with Crippen LogP contribution in [-0.2, 0) is 6.42 Å². The van der Waals surface area contributed by atoms with Crippen molar-refractivity contribution in [3.05, 3.63) is 63.4 Å². The van der Waals surface area contributed by atoms with Crippen molar-refractivity contribution in [2.24, 2.45) is 0 Å². The zero-order chi connectivity index (χ0) is 14.5. The van der Waals surface area contributed by atoms with Gasteiger partial charge in [0.1, 0.15) is 0 Å². The van der Waals surface area contributed by atoms with E-state index in [2.05, 4.69) is 71.3 Å². The van der Waals surface area contributed by atoms with Gasteiger partial charge >= 0.3 is 0 Å². The average Bonchev–Trinajstić information content (AvgIpc) is 2.44. The maximum atomic E-state index is 4.52. The number of nitrogens with zero attached hydrogens (tertiary/aromatic N) is 1. The van der Waals surface area contributed by atoms with Gasteiger partial charge in [-0.25, -0.2) is 0 Å². The number of pyridine rings is 1. The lowest BCUT2D eigenvalue weighted by Gasteiger charge is -2.20. The van der Waals surface area contributed by atoms with Crippen LogP contribution in [0.5, 0.6) is 0 Å². The summed E-state index contributed by atoms with van der Waals surface area (Å²) in [5.41, 5.74) is 5.00. The van der Waals surface area contributed by atoms with Crippen molar-refractivity contribution >= 4 is 15.9 Å². The fraction of sp³-hybridized carbons (Fsp3) is 0.353. The fourth-order valence-electron chi connectivity index (χ4n) is 2.36. The molecule has 0 aliphatic rings. The summed E-state index contributed by atoms with van der Waals surface area (Å²) < 4.78 is 1.16. The third kappa shape index (κ3) is 3.68. The van der Waals surface area contributed by atoms with Crippen molar-refractivity contribution < 1.29 is 0 Å². The topological polar surface area (TPSA) is 24.9 Å². The molecule has 2 nitrogen and oxygen atoms in total. The normalized spacial score (nSPS) is 12.4. The smallest absolute Gasteiger partial charge is 0.0451 e. The molecule has 1 aromatic carbocycles. The minimum absolute atomic E-state index is 0.306. The highest BCUT2D eigenvalue weighted by molar-refractivity contribution is 9.10. The summed E-state index contributed by atoms with van der Waals surface area (Å²) in [5.74, 6) is 0. The van der Waals surface area contributed by atoms with Gasteiger partial charge in [-0.3, -0.25) is 4.98 Å². The van der Waals surface area contributed by atoms with Crippen LogP contribution in [0.4, 0.5) is 0 Å². The van der Waals surface area contributed by atoms with Crippen molar-refractivity contribution in [3.63, 3.8) is 0 Å². The van der Waals surface area contributed by atoms with Crippen molar-refractivity contribution in [1.82, 2.24) is 10.3 Å². The molecule has 3 heteroatoms. The average molecular weight is 333 g/mol. The first-order valence-electron chi connectivity index (χ1n) is 7.01. The second-order valence-electron chi connectivity index (χ2n) is 5.09. The van der Waals surface area contributed by atoms with E-state index in [0.29, 0.717) is 6.04 Å². The molecule has 0 radical (unpaired) electrons. The molecule has 0 bridgehead atoms. The van der Waals surface area contributed by atoms with Crippen molar-refractivity contribution in [3.8, 4) is 0 Å². The Balaban J connectivity index is 2.27. The van der Waals surface area contributed by atoms with Crippen molar-refractivity contribution in [2.45, 2.75) is 33.2 Å². The van der Waals surface area contributed by atoms with Crippen LogP contribution in [-0.4, -0.2) is 11.5 Å². The highest BCUT2D eigenvalue weighted by Gasteiger charge is 2.14. The number of hydrogen-bond donors (Lipinski definition) is 1. The van der Waals surface area contributed by atoms with Gasteiger partial charge in [-0.05, 0) is 49.2 Å². The van der Waals surface area contributed by atoms with E-state index in [9.17, 15) is 0 Å². The quantitative estimate of drug-likeness (QED) is 0.880. The summed E-state index contributed by atoms with van der Waals surface area (Å²) in [4.78, 5) is 4.52. The molecular formula is C17H21BrN2. The Bertz CT molecular complexity index is 581. The number of halogens is 1. The predicted molar refractivity (Wildman–Crippen MR) is 88.0 cm³/mol. The molecule has 0 aliphatic heterocycles. The highest BCUT2D eigenvalue weighted by atomic mass is 79.9. The van der Waals surface area contributed by atoms with Crippen molar-refractivity contribution in [1.29, 1.82) is 0 Å². The van der Waals surface area contributed by atoms with Crippen LogP contribution in [0, 0.1) is 13.8 Å². The van der Waals surface area contributed by atoms with Crippen LogP contribution >= 0.6 is 15.9 Å². The zero-order valence-electron chi connectivity index (χ0n) is 12.3. The molecule has 0 spiro atoms. The number of rotatable bonds is 5. The molecular weight excluding hydrogens is 312 g/mol. The molecule has 1 unspecified atom stereocenters. The van der Waals surface area contributed by atoms with E-state index in [1.807, 2.05) is 12.3 Å². The highest BCUT2D eigenvalue weighted by Crippen LogP contribution is 2.24. The number of likely N-dealkylation sites (N-methyl/N-ethyl adjacent to an activating group) is 1.